The Bertz CT molecular complexity index is 198. The van der Waals surface area contributed by atoms with Gasteiger partial charge >= 0.3 is 0 Å². The highest BCUT2D eigenvalue weighted by Crippen LogP contribution is 2.19. The second-order valence-corrected chi connectivity index (χ2v) is 3.84. The number of hydrogen-bond acceptors (Lipinski definition) is 2. The molecular weight excluding hydrogens is 174 g/mol. The van der Waals surface area contributed by atoms with E-state index >= 15 is 0 Å². The van der Waals surface area contributed by atoms with Crippen molar-refractivity contribution >= 4 is 0 Å². The van der Waals surface area contributed by atoms with Crippen LogP contribution in [0.15, 0.2) is 0 Å². The third kappa shape index (κ3) is 3.69. The average Bonchev–Trinajstić information content (AvgIpc) is 2.26. The van der Waals surface area contributed by atoms with Crippen LogP contribution in [0, 0.1) is 17.8 Å². The summed E-state index contributed by atoms with van der Waals surface area (Å²) in [6.07, 6.45) is 4.65. The highest BCUT2D eigenvalue weighted by molar-refractivity contribution is 4.96. The third-order valence-electron chi connectivity index (χ3n) is 2.89. The van der Waals surface area contributed by atoms with E-state index in [1.54, 1.807) is 0 Å². The number of hydrogen-bond donors (Lipinski definition) is 1. The summed E-state index contributed by atoms with van der Waals surface area (Å²) in [5.41, 5.74) is 0. The lowest BCUT2D eigenvalue weighted by Gasteiger charge is -2.29. The Hall–Kier alpha value is -0.520. The first-order valence-corrected chi connectivity index (χ1v) is 5.53. The molecule has 0 aromatic heterocycles. The molecule has 1 fully saturated rings. The topological polar surface area (TPSA) is 21.3 Å². The molecule has 2 heteroatoms. The molecule has 0 radical (unpaired) electrons. The molecule has 2 nitrogen and oxygen atoms in total. The van der Waals surface area contributed by atoms with Gasteiger partial charge in [0.25, 0.3) is 0 Å². The molecule has 0 aliphatic carbocycles. The first kappa shape index (κ1) is 11.6. The lowest BCUT2D eigenvalue weighted by atomic mass is 9.91. The Labute approximate surface area is 87.4 Å². The van der Waals surface area contributed by atoms with Crippen molar-refractivity contribution in [3.05, 3.63) is 0 Å². The number of rotatable bonds is 4. The van der Waals surface area contributed by atoms with Crippen molar-refractivity contribution in [2.75, 3.05) is 20.3 Å². The van der Waals surface area contributed by atoms with Gasteiger partial charge < -0.3 is 10.1 Å². The molecule has 1 rings (SSSR count). The van der Waals surface area contributed by atoms with Crippen molar-refractivity contribution in [3.8, 4) is 11.8 Å². The second-order valence-electron chi connectivity index (χ2n) is 3.84. The van der Waals surface area contributed by atoms with Crippen LogP contribution in [0.5, 0.6) is 0 Å². The Morgan fingerprint density at radius 3 is 3.00 bits per heavy atom. The molecule has 1 saturated heterocycles. The molecule has 0 bridgehead atoms. The van der Waals surface area contributed by atoms with E-state index in [0.717, 1.165) is 26.1 Å². The Balaban J connectivity index is 2.30. The fraction of sp³-hybridized carbons (Fsp3) is 0.833. The van der Waals surface area contributed by atoms with E-state index in [-0.39, 0.29) is 0 Å². The summed E-state index contributed by atoms with van der Waals surface area (Å²) in [5.74, 6) is 6.75. The van der Waals surface area contributed by atoms with Gasteiger partial charge in [-0.3, -0.25) is 0 Å². The fourth-order valence-electron chi connectivity index (χ4n) is 2.05. The van der Waals surface area contributed by atoms with Gasteiger partial charge in [-0.15, -0.1) is 11.8 Å². The molecule has 1 aliphatic rings. The Morgan fingerprint density at radius 2 is 2.43 bits per heavy atom. The zero-order valence-corrected chi connectivity index (χ0v) is 9.31. The Kier molecular flexibility index (Phi) is 5.66. The van der Waals surface area contributed by atoms with E-state index in [2.05, 4.69) is 17.2 Å². The van der Waals surface area contributed by atoms with Gasteiger partial charge in [-0.25, -0.2) is 0 Å². The van der Waals surface area contributed by atoms with Crippen LogP contribution in [0.25, 0.3) is 0 Å². The highest BCUT2D eigenvalue weighted by atomic mass is 16.5. The normalized spacial score (nSPS) is 23.7. The van der Waals surface area contributed by atoms with E-state index in [0.29, 0.717) is 12.0 Å². The number of ether oxygens (including phenoxy) is 1. The molecule has 1 N–H and O–H groups in total. The van der Waals surface area contributed by atoms with Crippen LogP contribution in [-0.2, 0) is 4.74 Å². The molecule has 0 aromatic carbocycles. The van der Waals surface area contributed by atoms with Crippen LogP contribution in [0.1, 0.15) is 32.6 Å². The van der Waals surface area contributed by atoms with E-state index in [1.807, 2.05) is 14.0 Å². The molecule has 0 amide bonds. The van der Waals surface area contributed by atoms with Crippen LogP contribution >= 0.6 is 0 Å². The maximum absolute atomic E-state index is 5.50. The second kappa shape index (κ2) is 6.86. The molecule has 2 unspecified atom stereocenters. The summed E-state index contributed by atoms with van der Waals surface area (Å²) in [6, 6.07) is 0.580. The van der Waals surface area contributed by atoms with Crippen LogP contribution in [-0.4, -0.2) is 26.3 Å². The molecule has 14 heavy (non-hydrogen) atoms. The predicted molar refractivity (Wildman–Crippen MR) is 59.1 cm³/mol. The van der Waals surface area contributed by atoms with E-state index in [4.69, 9.17) is 4.74 Å². The SMILES string of the molecule is CC#CCCC(NC)C1CCCOC1. The quantitative estimate of drug-likeness (QED) is 0.691. The van der Waals surface area contributed by atoms with Gasteiger partial charge in [-0.05, 0) is 39.2 Å². The van der Waals surface area contributed by atoms with Crippen molar-refractivity contribution in [2.45, 2.75) is 38.6 Å². The monoisotopic (exact) mass is 195 g/mol. The number of nitrogens with one attached hydrogen (secondary N) is 1. The lowest BCUT2D eigenvalue weighted by Crippen LogP contribution is -2.38. The van der Waals surface area contributed by atoms with Gasteiger partial charge in [-0.1, -0.05) is 0 Å². The zero-order valence-electron chi connectivity index (χ0n) is 9.31. The zero-order chi connectivity index (χ0) is 10.2. The van der Waals surface area contributed by atoms with E-state index < -0.39 is 0 Å². The van der Waals surface area contributed by atoms with Crippen LogP contribution in [0.2, 0.25) is 0 Å². The predicted octanol–water partition coefficient (Wildman–Crippen LogP) is 1.80. The van der Waals surface area contributed by atoms with Gasteiger partial charge in [0, 0.05) is 19.1 Å². The van der Waals surface area contributed by atoms with Crippen molar-refractivity contribution < 1.29 is 4.74 Å². The average molecular weight is 195 g/mol. The van der Waals surface area contributed by atoms with Crippen molar-refractivity contribution in [1.29, 1.82) is 0 Å². The third-order valence-corrected chi connectivity index (χ3v) is 2.89. The molecule has 0 aromatic rings. The van der Waals surface area contributed by atoms with E-state index in [9.17, 15) is 0 Å². The van der Waals surface area contributed by atoms with Crippen LogP contribution < -0.4 is 5.32 Å². The fourth-order valence-corrected chi connectivity index (χ4v) is 2.05. The summed E-state index contributed by atoms with van der Waals surface area (Å²) >= 11 is 0. The minimum Gasteiger partial charge on any atom is -0.381 e. The maximum atomic E-state index is 5.50. The maximum Gasteiger partial charge on any atom is 0.0509 e. The summed E-state index contributed by atoms with van der Waals surface area (Å²) in [6.45, 7) is 3.77. The van der Waals surface area contributed by atoms with Crippen LogP contribution in [0.3, 0.4) is 0 Å². The molecule has 1 heterocycles. The van der Waals surface area contributed by atoms with Gasteiger partial charge in [0.15, 0.2) is 0 Å². The largest absolute Gasteiger partial charge is 0.381 e. The molecular formula is C12H21NO. The molecule has 0 saturated carbocycles. The molecule has 2 atom stereocenters. The van der Waals surface area contributed by atoms with Crippen molar-refractivity contribution in [3.63, 3.8) is 0 Å². The van der Waals surface area contributed by atoms with Gasteiger partial charge in [0.05, 0.1) is 6.61 Å². The first-order chi connectivity index (χ1) is 6.88. The molecule has 0 spiro atoms. The smallest absolute Gasteiger partial charge is 0.0509 e. The summed E-state index contributed by atoms with van der Waals surface area (Å²) < 4.78 is 5.50. The van der Waals surface area contributed by atoms with Crippen LogP contribution in [0.4, 0.5) is 0 Å². The van der Waals surface area contributed by atoms with Gasteiger partial charge in [0.2, 0.25) is 0 Å². The van der Waals surface area contributed by atoms with Gasteiger partial charge in [-0.2, -0.15) is 0 Å². The minimum absolute atomic E-state index is 0.580. The standard InChI is InChI=1S/C12H21NO/c1-3-4-5-8-12(13-2)11-7-6-9-14-10-11/h11-13H,5-10H2,1-2H3. The minimum atomic E-state index is 0.580. The summed E-state index contributed by atoms with van der Waals surface area (Å²) in [5, 5.41) is 3.38. The first-order valence-electron chi connectivity index (χ1n) is 5.53. The molecule has 80 valence electrons. The van der Waals surface area contributed by atoms with Gasteiger partial charge in [0.1, 0.15) is 0 Å². The van der Waals surface area contributed by atoms with Crippen molar-refractivity contribution in [1.82, 2.24) is 5.32 Å². The highest BCUT2D eigenvalue weighted by Gasteiger charge is 2.21. The lowest BCUT2D eigenvalue weighted by molar-refractivity contribution is 0.0394. The Morgan fingerprint density at radius 1 is 1.57 bits per heavy atom. The molecule has 1 aliphatic heterocycles. The van der Waals surface area contributed by atoms with Crippen molar-refractivity contribution in [2.24, 2.45) is 5.92 Å². The summed E-state index contributed by atoms with van der Waals surface area (Å²) in [4.78, 5) is 0. The van der Waals surface area contributed by atoms with E-state index in [1.165, 1.54) is 12.8 Å². The summed E-state index contributed by atoms with van der Waals surface area (Å²) in [7, 11) is 2.04.